The van der Waals surface area contributed by atoms with E-state index < -0.39 is 0 Å². The Hall–Kier alpha value is -2.47. The molecule has 1 aliphatic heterocycles. The molecular formula is C17H20N4O2. The Morgan fingerprint density at radius 1 is 1.30 bits per heavy atom. The largest absolute Gasteiger partial charge is 0.371 e. The number of rotatable bonds is 5. The summed E-state index contributed by atoms with van der Waals surface area (Å²) in [6, 6.07) is 8.19. The molecule has 0 saturated carbocycles. The zero-order valence-electron chi connectivity index (χ0n) is 13.1. The SMILES string of the molecule is CCNc1ncc(C(=O)NC[C@@H]2OCCc3ccccc32)cn1. The fourth-order valence-corrected chi connectivity index (χ4v) is 2.63. The summed E-state index contributed by atoms with van der Waals surface area (Å²) in [4.78, 5) is 20.4. The van der Waals surface area contributed by atoms with Crippen LogP contribution in [0, 0.1) is 0 Å². The number of hydrogen-bond donors (Lipinski definition) is 2. The van der Waals surface area contributed by atoms with Crippen LogP contribution in [-0.4, -0.2) is 35.6 Å². The third-order valence-electron chi connectivity index (χ3n) is 3.79. The summed E-state index contributed by atoms with van der Waals surface area (Å²) in [5.74, 6) is 0.327. The lowest BCUT2D eigenvalue weighted by atomic mass is 9.97. The number of benzene rings is 1. The van der Waals surface area contributed by atoms with Crippen molar-refractivity contribution in [3.05, 3.63) is 53.3 Å². The minimum absolute atomic E-state index is 0.106. The molecule has 1 aliphatic rings. The van der Waals surface area contributed by atoms with Gasteiger partial charge in [-0.3, -0.25) is 4.79 Å². The van der Waals surface area contributed by atoms with Gasteiger partial charge >= 0.3 is 0 Å². The summed E-state index contributed by atoms with van der Waals surface area (Å²) in [6.07, 6.45) is 3.86. The predicted molar refractivity (Wildman–Crippen MR) is 87.4 cm³/mol. The molecular weight excluding hydrogens is 292 g/mol. The first-order valence-electron chi connectivity index (χ1n) is 7.81. The monoisotopic (exact) mass is 312 g/mol. The van der Waals surface area contributed by atoms with Crippen molar-refractivity contribution < 1.29 is 9.53 Å². The van der Waals surface area contributed by atoms with Gasteiger partial charge in [0.25, 0.3) is 5.91 Å². The van der Waals surface area contributed by atoms with Crippen LogP contribution in [-0.2, 0) is 11.2 Å². The van der Waals surface area contributed by atoms with E-state index >= 15 is 0 Å². The fraction of sp³-hybridized carbons (Fsp3) is 0.353. The van der Waals surface area contributed by atoms with Crippen molar-refractivity contribution in [2.45, 2.75) is 19.4 Å². The molecule has 120 valence electrons. The molecule has 1 aromatic carbocycles. The van der Waals surface area contributed by atoms with Crippen LogP contribution < -0.4 is 10.6 Å². The second-order valence-corrected chi connectivity index (χ2v) is 5.34. The van der Waals surface area contributed by atoms with E-state index in [1.54, 1.807) is 0 Å². The molecule has 0 fully saturated rings. The number of carbonyl (C=O) groups excluding carboxylic acids is 1. The number of nitrogens with zero attached hydrogens (tertiary/aromatic N) is 2. The first-order valence-corrected chi connectivity index (χ1v) is 7.81. The lowest BCUT2D eigenvalue weighted by Gasteiger charge is -2.26. The maximum Gasteiger partial charge on any atom is 0.254 e. The molecule has 1 atom stereocenters. The number of fused-ring (bicyclic) bond motifs is 1. The van der Waals surface area contributed by atoms with Crippen LogP contribution in [0.25, 0.3) is 0 Å². The van der Waals surface area contributed by atoms with Gasteiger partial charge in [-0.05, 0) is 24.5 Å². The van der Waals surface area contributed by atoms with Crippen LogP contribution in [0.15, 0.2) is 36.7 Å². The van der Waals surface area contributed by atoms with Gasteiger partial charge in [-0.2, -0.15) is 0 Å². The summed E-state index contributed by atoms with van der Waals surface area (Å²) in [7, 11) is 0. The summed E-state index contributed by atoms with van der Waals surface area (Å²) in [5, 5.41) is 5.89. The second kappa shape index (κ2) is 7.19. The summed E-state index contributed by atoms with van der Waals surface area (Å²) >= 11 is 0. The molecule has 1 amide bonds. The number of ether oxygens (including phenoxy) is 1. The Labute approximate surface area is 135 Å². The van der Waals surface area contributed by atoms with Crippen molar-refractivity contribution in [2.75, 3.05) is 25.0 Å². The van der Waals surface area contributed by atoms with E-state index in [1.807, 2.05) is 19.1 Å². The van der Waals surface area contributed by atoms with Crippen molar-refractivity contribution in [3.63, 3.8) is 0 Å². The van der Waals surface area contributed by atoms with Crippen LogP contribution >= 0.6 is 0 Å². The summed E-state index contributed by atoms with van der Waals surface area (Å²) in [5.41, 5.74) is 2.88. The first-order chi connectivity index (χ1) is 11.3. The lowest BCUT2D eigenvalue weighted by Crippen LogP contribution is -2.32. The zero-order chi connectivity index (χ0) is 16.1. The number of amides is 1. The summed E-state index contributed by atoms with van der Waals surface area (Å²) < 4.78 is 5.79. The van der Waals surface area contributed by atoms with Crippen molar-refractivity contribution in [1.82, 2.24) is 15.3 Å². The fourth-order valence-electron chi connectivity index (χ4n) is 2.63. The molecule has 2 N–H and O–H groups in total. The minimum Gasteiger partial charge on any atom is -0.371 e. The molecule has 0 saturated heterocycles. The van der Waals surface area contributed by atoms with Gasteiger partial charge in [0.15, 0.2) is 0 Å². The molecule has 2 heterocycles. The van der Waals surface area contributed by atoms with E-state index in [0.717, 1.165) is 18.5 Å². The Kier molecular flexibility index (Phi) is 4.83. The molecule has 1 aromatic heterocycles. The Morgan fingerprint density at radius 3 is 2.87 bits per heavy atom. The highest BCUT2D eigenvalue weighted by molar-refractivity contribution is 5.93. The van der Waals surface area contributed by atoms with Crippen LogP contribution in [0.4, 0.5) is 5.95 Å². The van der Waals surface area contributed by atoms with E-state index in [9.17, 15) is 4.79 Å². The number of aromatic nitrogens is 2. The molecule has 0 spiro atoms. The van der Waals surface area contributed by atoms with Gasteiger partial charge < -0.3 is 15.4 Å². The van der Waals surface area contributed by atoms with Crippen molar-refractivity contribution in [1.29, 1.82) is 0 Å². The van der Waals surface area contributed by atoms with E-state index in [0.29, 0.717) is 24.7 Å². The maximum atomic E-state index is 12.2. The average Bonchev–Trinajstić information content (AvgIpc) is 2.60. The van der Waals surface area contributed by atoms with Crippen LogP contribution in [0.5, 0.6) is 0 Å². The Morgan fingerprint density at radius 2 is 2.09 bits per heavy atom. The highest BCUT2D eigenvalue weighted by atomic mass is 16.5. The van der Waals surface area contributed by atoms with E-state index in [2.05, 4.69) is 32.7 Å². The Bertz CT molecular complexity index is 673. The van der Waals surface area contributed by atoms with Crippen LogP contribution in [0.2, 0.25) is 0 Å². The molecule has 3 rings (SSSR count). The highest BCUT2D eigenvalue weighted by Crippen LogP contribution is 2.26. The van der Waals surface area contributed by atoms with Gasteiger partial charge in [-0.15, -0.1) is 0 Å². The highest BCUT2D eigenvalue weighted by Gasteiger charge is 2.21. The molecule has 2 aromatic rings. The number of carbonyl (C=O) groups is 1. The minimum atomic E-state index is -0.195. The van der Waals surface area contributed by atoms with Crippen molar-refractivity contribution in [2.24, 2.45) is 0 Å². The lowest BCUT2D eigenvalue weighted by molar-refractivity contribution is 0.0411. The van der Waals surface area contributed by atoms with E-state index in [1.165, 1.54) is 18.0 Å². The molecule has 0 aliphatic carbocycles. The van der Waals surface area contributed by atoms with Crippen LogP contribution in [0.1, 0.15) is 34.5 Å². The average molecular weight is 312 g/mol. The number of hydrogen-bond acceptors (Lipinski definition) is 5. The third kappa shape index (κ3) is 3.65. The molecule has 6 heteroatoms. The molecule has 6 nitrogen and oxygen atoms in total. The second-order valence-electron chi connectivity index (χ2n) is 5.34. The molecule has 0 unspecified atom stereocenters. The predicted octanol–water partition coefficient (Wildman–Crippen LogP) is 1.95. The zero-order valence-corrected chi connectivity index (χ0v) is 13.1. The molecule has 0 radical (unpaired) electrons. The van der Waals surface area contributed by atoms with E-state index in [-0.39, 0.29) is 12.0 Å². The number of anilines is 1. The van der Waals surface area contributed by atoms with Gasteiger partial charge in [0.2, 0.25) is 5.95 Å². The van der Waals surface area contributed by atoms with Crippen molar-refractivity contribution >= 4 is 11.9 Å². The quantitative estimate of drug-likeness (QED) is 0.882. The first kappa shape index (κ1) is 15.4. The van der Waals surface area contributed by atoms with E-state index in [4.69, 9.17) is 4.74 Å². The number of nitrogens with one attached hydrogen (secondary N) is 2. The normalized spacial score (nSPS) is 16.5. The maximum absolute atomic E-state index is 12.2. The Balaban J connectivity index is 1.61. The van der Waals surface area contributed by atoms with Gasteiger partial charge in [0, 0.05) is 25.5 Å². The van der Waals surface area contributed by atoms with Gasteiger partial charge in [0.1, 0.15) is 6.10 Å². The smallest absolute Gasteiger partial charge is 0.254 e. The van der Waals surface area contributed by atoms with Crippen LogP contribution in [0.3, 0.4) is 0 Å². The standard InChI is InChI=1S/C17H20N4O2/c1-2-18-17-20-9-13(10-21-17)16(22)19-11-15-14-6-4-3-5-12(14)7-8-23-15/h3-6,9-10,15H,2,7-8,11H2,1H3,(H,19,22)(H,18,20,21)/t15-/m0/s1. The van der Waals surface area contributed by atoms with Crippen molar-refractivity contribution in [3.8, 4) is 0 Å². The molecule has 0 bridgehead atoms. The molecule has 23 heavy (non-hydrogen) atoms. The topological polar surface area (TPSA) is 76.1 Å². The van der Waals surface area contributed by atoms with Gasteiger partial charge in [0.05, 0.1) is 12.2 Å². The van der Waals surface area contributed by atoms with Gasteiger partial charge in [-0.1, -0.05) is 24.3 Å². The van der Waals surface area contributed by atoms with Gasteiger partial charge in [-0.25, -0.2) is 9.97 Å². The summed E-state index contributed by atoms with van der Waals surface area (Å²) in [6.45, 7) is 3.82. The third-order valence-corrected chi connectivity index (χ3v) is 3.79.